The number of aryl methyl sites for hydroxylation is 1. The molecule has 1 atom stereocenters. The third-order valence-electron chi connectivity index (χ3n) is 4.74. The number of carbonyl (C=O) groups excluding carboxylic acids is 1. The largest absolute Gasteiger partial charge is 0.326 e. The number of carbonyl (C=O) groups is 1. The van der Waals surface area contributed by atoms with Gasteiger partial charge in [-0.2, -0.15) is 5.10 Å². The van der Waals surface area contributed by atoms with E-state index in [-0.39, 0.29) is 11.9 Å². The molecule has 2 aromatic carbocycles. The molecule has 0 fully saturated rings. The van der Waals surface area contributed by atoms with E-state index in [1.807, 2.05) is 48.1 Å². The molecule has 5 heteroatoms. The van der Waals surface area contributed by atoms with Gasteiger partial charge in [0, 0.05) is 30.9 Å². The van der Waals surface area contributed by atoms with Crippen LogP contribution in [0.1, 0.15) is 23.2 Å². The number of anilines is 1. The molecule has 26 heavy (non-hydrogen) atoms. The Hall–Kier alpha value is -2.92. The van der Waals surface area contributed by atoms with Gasteiger partial charge >= 0.3 is 0 Å². The van der Waals surface area contributed by atoms with Crippen LogP contribution in [0.2, 0.25) is 0 Å². The van der Waals surface area contributed by atoms with Gasteiger partial charge in [-0.25, -0.2) is 4.68 Å². The first kappa shape index (κ1) is 16.5. The number of amides is 1. The monoisotopic (exact) mass is 346 g/mol. The van der Waals surface area contributed by atoms with Crippen LogP contribution in [0, 0.1) is 6.92 Å². The van der Waals surface area contributed by atoms with E-state index < -0.39 is 0 Å². The number of benzene rings is 2. The van der Waals surface area contributed by atoms with Gasteiger partial charge in [0.05, 0.1) is 11.4 Å². The first-order valence-electron chi connectivity index (χ1n) is 8.90. The van der Waals surface area contributed by atoms with Crippen LogP contribution in [0.5, 0.6) is 0 Å². The van der Waals surface area contributed by atoms with E-state index in [0.717, 1.165) is 30.0 Å². The summed E-state index contributed by atoms with van der Waals surface area (Å²) < 4.78 is 1.82. The third-order valence-corrected chi connectivity index (χ3v) is 4.74. The smallest absolute Gasteiger partial charge is 0.225 e. The number of nitrogens with one attached hydrogen (secondary N) is 2. The van der Waals surface area contributed by atoms with Gasteiger partial charge in [-0.15, -0.1) is 0 Å². The molecule has 0 bridgehead atoms. The summed E-state index contributed by atoms with van der Waals surface area (Å²) in [7, 11) is 0. The van der Waals surface area contributed by atoms with Crippen LogP contribution in [0.15, 0.2) is 60.8 Å². The van der Waals surface area contributed by atoms with Crippen LogP contribution in [-0.4, -0.2) is 21.7 Å². The average Bonchev–Trinajstić information content (AvgIpc) is 3.08. The molecule has 2 heterocycles. The van der Waals surface area contributed by atoms with Crippen LogP contribution < -0.4 is 10.6 Å². The Bertz CT molecular complexity index is 914. The van der Waals surface area contributed by atoms with E-state index >= 15 is 0 Å². The molecule has 0 radical (unpaired) electrons. The van der Waals surface area contributed by atoms with E-state index in [4.69, 9.17) is 0 Å². The van der Waals surface area contributed by atoms with E-state index in [0.29, 0.717) is 6.42 Å². The quantitative estimate of drug-likeness (QED) is 0.762. The SMILES string of the molecule is Cc1ccn(-c2ccc(NC(=O)C[C@@H]3Cc4ccccc4CN3)cc2)n1. The van der Waals surface area contributed by atoms with Crippen molar-refractivity contribution in [3.63, 3.8) is 0 Å². The molecule has 5 nitrogen and oxygen atoms in total. The lowest BCUT2D eigenvalue weighted by molar-refractivity contribution is -0.116. The van der Waals surface area contributed by atoms with Crippen molar-refractivity contribution >= 4 is 11.6 Å². The number of hydrogen-bond acceptors (Lipinski definition) is 3. The molecule has 1 aliphatic heterocycles. The Morgan fingerprint density at radius 3 is 2.65 bits per heavy atom. The van der Waals surface area contributed by atoms with Crippen molar-refractivity contribution in [2.75, 3.05) is 5.32 Å². The molecule has 0 spiro atoms. The van der Waals surface area contributed by atoms with Gasteiger partial charge in [-0.1, -0.05) is 24.3 Å². The van der Waals surface area contributed by atoms with Gasteiger partial charge in [0.2, 0.25) is 5.91 Å². The lowest BCUT2D eigenvalue weighted by Crippen LogP contribution is -2.38. The van der Waals surface area contributed by atoms with Crippen molar-refractivity contribution in [2.45, 2.75) is 32.4 Å². The molecule has 2 N–H and O–H groups in total. The summed E-state index contributed by atoms with van der Waals surface area (Å²) in [5.74, 6) is 0.0320. The Kier molecular flexibility index (Phi) is 4.54. The Morgan fingerprint density at radius 2 is 1.92 bits per heavy atom. The summed E-state index contributed by atoms with van der Waals surface area (Å²) in [6, 6.07) is 18.3. The van der Waals surface area contributed by atoms with Crippen LogP contribution in [-0.2, 0) is 17.8 Å². The lowest BCUT2D eigenvalue weighted by Gasteiger charge is -2.25. The summed E-state index contributed by atoms with van der Waals surface area (Å²) in [6.45, 7) is 2.79. The zero-order valence-corrected chi connectivity index (χ0v) is 14.8. The average molecular weight is 346 g/mol. The summed E-state index contributed by atoms with van der Waals surface area (Å²) in [6.07, 6.45) is 3.28. The van der Waals surface area contributed by atoms with Gasteiger partial charge in [0.25, 0.3) is 0 Å². The van der Waals surface area contributed by atoms with Crippen molar-refractivity contribution in [2.24, 2.45) is 0 Å². The highest BCUT2D eigenvalue weighted by molar-refractivity contribution is 5.91. The molecule has 1 aliphatic rings. The van der Waals surface area contributed by atoms with Crippen molar-refractivity contribution in [3.05, 3.63) is 77.6 Å². The molecule has 132 valence electrons. The van der Waals surface area contributed by atoms with Crippen LogP contribution in [0.25, 0.3) is 5.69 Å². The first-order valence-corrected chi connectivity index (χ1v) is 8.90. The maximum Gasteiger partial charge on any atom is 0.225 e. The van der Waals surface area contributed by atoms with E-state index in [1.165, 1.54) is 11.1 Å². The third kappa shape index (κ3) is 3.68. The molecule has 0 aliphatic carbocycles. The number of hydrogen-bond donors (Lipinski definition) is 2. The highest BCUT2D eigenvalue weighted by Gasteiger charge is 2.20. The minimum Gasteiger partial charge on any atom is -0.326 e. The van der Waals surface area contributed by atoms with Crippen LogP contribution in [0.4, 0.5) is 5.69 Å². The van der Waals surface area contributed by atoms with Crippen LogP contribution >= 0.6 is 0 Å². The van der Waals surface area contributed by atoms with Gasteiger partial charge in [0.15, 0.2) is 0 Å². The molecule has 1 aromatic heterocycles. The van der Waals surface area contributed by atoms with Crippen molar-refractivity contribution in [3.8, 4) is 5.69 Å². The normalized spacial score (nSPS) is 16.1. The fourth-order valence-electron chi connectivity index (χ4n) is 3.36. The molecular weight excluding hydrogens is 324 g/mol. The number of rotatable bonds is 4. The molecule has 0 saturated heterocycles. The maximum atomic E-state index is 12.4. The molecule has 3 aromatic rings. The zero-order valence-electron chi connectivity index (χ0n) is 14.8. The zero-order chi connectivity index (χ0) is 17.9. The van der Waals surface area contributed by atoms with Crippen molar-refractivity contribution in [1.29, 1.82) is 0 Å². The predicted molar refractivity (Wildman–Crippen MR) is 102 cm³/mol. The molecule has 1 amide bonds. The van der Waals surface area contributed by atoms with Crippen molar-refractivity contribution < 1.29 is 4.79 Å². The molecule has 0 unspecified atom stereocenters. The first-order chi connectivity index (χ1) is 12.7. The standard InChI is InChI=1S/C21H22N4O/c1-15-10-11-25(24-15)20-8-6-18(7-9-20)23-21(26)13-19-12-16-4-2-3-5-17(16)14-22-19/h2-11,19,22H,12-14H2,1H3,(H,23,26)/t19-/m0/s1. The fourth-order valence-corrected chi connectivity index (χ4v) is 3.36. The van der Waals surface area contributed by atoms with E-state index in [2.05, 4.69) is 40.0 Å². The maximum absolute atomic E-state index is 12.4. The molecular formula is C21H22N4O. The summed E-state index contributed by atoms with van der Waals surface area (Å²) >= 11 is 0. The van der Waals surface area contributed by atoms with E-state index in [9.17, 15) is 4.79 Å². The van der Waals surface area contributed by atoms with Gasteiger partial charge in [0.1, 0.15) is 0 Å². The number of fused-ring (bicyclic) bond motifs is 1. The minimum absolute atomic E-state index is 0.0320. The summed E-state index contributed by atoms with van der Waals surface area (Å²) in [4.78, 5) is 12.4. The van der Waals surface area contributed by atoms with Crippen LogP contribution in [0.3, 0.4) is 0 Å². The Balaban J connectivity index is 1.35. The number of aromatic nitrogens is 2. The topological polar surface area (TPSA) is 59.0 Å². The lowest BCUT2D eigenvalue weighted by atomic mass is 9.94. The summed E-state index contributed by atoms with van der Waals surface area (Å²) in [5, 5.41) is 10.8. The molecule has 0 saturated carbocycles. The Labute approximate surface area is 153 Å². The van der Waals surface area contributed by atoms with Crippen molar-refractivity contribution in [1.82, 2.24) is 15.1 Å². The second-order valence-corrected chi connectivity index (χ2v) is 6.75. The highest BCUT2D eigenvalue weighted by Crippen LogP contribution is 2.19. The highest BCUT2D eigenvalue weighted by atomic mass is 16.1. The minimum atomic E-state index is 0.0320. The van der Waals surface area contributed by atoms with Gasteiger partial charge < -0.3 is 10.6 Å². The molecule has 4 rings (SSSR count). The number of nitrogens with zero attached hydrogens (tertiary/aromatic N) is 2. The fraction of sp³-hybridized carbons (Fsp3) is 0.238. The van der Waals surface area contributed by atoms with Gasteiger partial charge in [-0.3, -0.25) is 4.79 Å². The second kappa shape index (κ2) is 7.14. The summed E-state index contributed by atoms with van der Waals surface area (Å²) in [5.41, 5.74) is 5.42. The predicted octanol–water partition coefficient (Wildman–Crippen LogP) is 3.22. The Morgan fingerprint density at radius 1 is 1.15 bits per heavy atom. The second-order valence-electron chi connectivity index (χ2n) is 6.75. The van der Waals surface area contributed by atoms with E-state index in [1.54, 1.807) is 0 Å². The van der Waals surface area contributed by atoms with Gasteiger partial charge in [-0.05, 0) is 54.8 Å².